The van der Waals surface area contributed by atoms with E-state index in [2.05, 4.69) is 9.82 Å². The van der Waals surface area contributed by atoms with Crippen LogP contribution in [0.25, 0.3) is 0 Å². The summed E-state index contributed by atoms with van der Waals surface area (Å²) >= 11 is 0. The molecule has 2 aromatic rings. The highest BCUT2D eigenvalue weighted by molar-refractivity contribution is 7.89. The summed E-state index contributed by atoms with van der Waals surface area (Å²) < 4.78 is 54.8. The van der Waals surface area contributed by atoms with E-state index in [4.69, 9.17) is 5.11 Å². The van der Waals surface area contributed by atoms with Gasteiger partial charge >= 0.3 is 0 Å². The molecule has 0 saturated heterocycles. The van der Waals surface area contributed by atoms with E-state index < -0.39 is 38.7 Å². The molecule has 0 fully saturated rings. The van der Waals surface area contributed by atoms with Crippen molar-refractivity contribution in [3.05, 3.63) is 47.8 Å². The van der Waals surface area contributed by atoms with Gasteiger partial charge in [0.05, 0.1) is 18.7 Å². The molecule has 1 heterocycles. The van der Waals surface area contributed by atoms with E-state index in [1.165, 1.54) is 4.68 Å². The summed E-state index contributed by atoms with van der Waals surface area (Å²) in [7, 11) is -4.14. The summed E-state index contributed by atoms with van der Waals surface area (Å²) in [6, 6.07) is 3.30. The van der Waals surface area contributed by atoms with Gasteiger partial charge in [0.25, 0.3) is 0 Å². The number of sulfonamides is 1. The molecule has 1 aromatic carbocycles. The lowest BCUT2D eigenvalue weighted by Gasteiger charge is -2.10. The molecule has 0 aliphatic heterocycles. The quantitative estimate of drug-likeness (QED) is 0.818. The Morgan fingerprint density at radius 1 is 1.33 bits per heavy atom. The van der Waals surface area contributed by atoms with Crippen molar-refractivity contribution in [2.24, 2.45) is 0 Å². The van der Waals surface area contributed by atoms with Crippen molar-refractivity contribution in [3.63, 3.8) is 0 Å². The highest BCUT2D eigenvalue weighted by Crippen LogP contribution is 2.20. The van der Waals surface area contributed by atoms with Crippen LogP contribution in [0.15, 0.2) is 35.5 Å². The first-order chi connectivity index (χ1) is 9.95. The minimum atomic E-state index is -4.14. The lowest BCUT2D eigenvalue weighted by molar-refractivity contribution is 0.267. The van der Waals surface area contributed by atoms with Crippen LogP contribution in [0.5, 0.6) is 0 Å². The third kappa shape index (κ3) is 3.43. The van der Waals surface area contributed by atoms with Gasteiger partial charge in [0.2, 0.25) is 10.0 Å². The molecule has 0 aliphatic rings. The molecule has 0 spiro atoms. The van der Waals surface area contributed by atoms with Gasteiger partial charge in [0.15, 0.2) is 5.82 Å². The number of benzene rings is 1. The molecule has 0 unspecified atom stereocenters. The van der Waals surface area contributed by atoms with Crippen LogP contribution in [-0.4, -0.2) is 29.8 Å². The van der Waals surface area contributed by atoms with Crippen molar-refractivity contribution in [3.8, 4) is 0 Å². The second-order valence-corrected chi connectivity index (χ2v) is 5.90. The Hall–Kier alpha value is -1.84. The van der Waals surface area contributed by atoms with Crippen molar-refractivity contribution in [2.45, 2.75) is 18.0 Å². The van der Waals surface area contributed by atoms with Crippen LogP contribution >= 0.6 is 0 Å². The van der Waals surface area contributed by atoms with Crippen LogP contribution < -0.4 is 4.72 Å². The number of hydrogen-bond acceptors (Lipinski definition) is 4. The lowest BCUT2D eigenvalue weighted by Crippen LogP contribution is -2.28. The van der Waals surface area contributed by atoms with Crippen molar-refractivity contribution < 1.29 is 22.3 Å². The molecule has 0 saturated carbocycles. The highest BCUT2D eigenvalue weighted by atomic mass is 32.2. The van der Waals surface area contributed by atoms with Crippen molar-refractivity contribution in [1.29, 1.82) is 0 Å². The fourth-order valence-electron chi connectivity index (χ4n) is 1.73. The molecular formula is C12H13F2N3O3S. The number of rotatable bonds is 6. The number of nitrogens with one attached hydrogen (secondary N) is 1. The third-order valence-corrected chi connectivity index (χ3v) is 4.27. The van der Waals surface area contributed by atoms with Crippen molar-refractivity contribution in [1.82, 2.24) is 14.5 Å². The maximum atomic E-state index is 13.9. The first-order valence-electron chi connectivity index (χ1n) is 6.00. The smallest absolute Gasteiger partial charge is 0.243 e. The average molecular weight is 317 g/mol. The molecule has 21 heavy (non-hydrogen) atoms. The summed E-state index contributed by atoms with van der Waals surface area (Å²) in [5, 5.41) is 12.8. The van der Waals surface area contributed by atoms with Gasteiger partial charge in [-0.1, -0.05) is 0 Å². The van der Waals surface area contributed by atoms with Crippen molar-refractivity contribution in [2.75, 3.05) is 6.54 Å². The zero-order valence-corrected chi connectivity index (χ0v) is 11.6. The molecule has 0 aliphatic carbocycles. The van der Waals surface area contributed by atoms with Gasteiger partial charge in [-0.05, 0) is 18.2 Å². The number of nitrogens with zero attached hydrogens (tertiary/aromatic N) is 2. The average Bonchev–Trinajstić information content (AvgIpc) is 2.92. The lowest BCUT2D eigenvalue weighted by atomic mass is 10.2. The second kappa shape index (κ2) is 6.29. The Morgan fingerprint density at radius 2 is 2.10 bits per heavy atom. The van der Waals surface area contributed by atoms with E-state index >= 15 is 0 Å². The molecule has 0 radical (unpaired) electrons. The third-order valence-electron chi connectivity index (χ3n) is 2.79. The molecule has 9 heteroatoms. The molecular weight excluding hydrogens is 304 g/mol. The van der Waals surface area contributed by atoms with Gasteiger partial charge in [0, 0.05) is 18.9 Å². The minimum absolute atomic E-state index is 0.00467. The minimum Gasteiger partial charge on any atom is -0.391 e. The fourth-order valence-corrected chi connectivity index (χ4v) is 2.86. The molecule has 2 rings (SSSR count). The van der Waals surface area contributed by atoms with Crippen LogP contribution in [0.2, 0.25) is 0 Å². The topological polar surface area (TPSA) is 84.2 Å². The number of halogens is 2. The standard InChI is InChI=1S/C12H13F2N3O3S/c13-10-2-3-11(12(14)9(10)8-18)21(19,20)16-5-7-17-6-1-4-15-17/h1-4,6,16,18H,5,7-8H2. The van der Waals surface area contributed by atoms with Crippen LogP contribution in [0.3, 0.4) is 0 Å². The van der Waals surface area contributed by atoms with Gasteiger partial charge in [0.1, 0.15) is 10.7 Å². The van der Waals surface area contributed by atoms with Gasteiger partial charge in [-0.25, -0.2) is 21.9 Å². The van der Waals surface area contributed by atoms with Crippen LogP contribution in [0.4, 0.5) is 8.78 Å². The SMILES string of the molecule is O=S(=O)(NCCn1cccn1)c1ccc(F)c(CO)c1F. The predicted molar refractivity (Wildman–Crippen MR) is 69.7 cm³/mol. The van der Waals surface area contributed by atoms with Crippen molar-refractivity contribution >= 4 is 10.0 Å². The summed E-state index contributed by atoms with van der Waals surface area (Å²) in [4.78, 5) is -0.701. The monoisotopic (exact) mass is 317 g/mol. The molecule has 6 nitrogen and oxygen atoms in total. The van der Waals surface area contributed by atoms with Gasteiger partial charge in [-0.15, -0.1) is 0 Å². The maximum Gasteiger partial charge on any atom is 0.243 e. The first-order valence-corrected chi connectivity index (χ1v) is 7.49. The number of aliphatic hydroxyl groups is 1. The zero-order valence-electron chi connectivity index (χ0n) is 10.8. The summed E-state index contributed by atoms with van der Waals surface area (Å²) in [6.45, 7) is -0.661. The number of hydrogen-bond donors (Lipinski definition) is 2. The zero-order chi connectivity index (χ0) is 15.5. The summed E-state index contributed by atoms with van der Waals surface area (Å²) in [5.74, 6) is -2.28. The predicted octanol–water partition coefficient (Wildman–Crippen LogP) is 0.632. The molecule has 114 valence electrons. The Kier molecular flexibility index (Phi) is 4.66. The summed E-state index contributed by atoms with van der Waals surface area (Å²) in [6.07, 6.45) is 3.19. The summed E-state index contributed by atoms with van der Waals surface area (Å²) in [5.41, 5.74) is -0.676. The van der Waals surface area contributed by atoms with Gasteiger partial charge < -0.3 is 5.11 Å². The van der Waals surface area contributed by atoms with E-state index in [1.54, 1.807) is 18.5 Å². The molecule has 0 amide bonds. The normalized spacial score (nSPS) is 11.8. The van der Waals surface area contributed by atoms with Gasteiger partial charge in [-0.3, -0.25) is 4.68 Å². The Balaban J connectivity index is 2.16. The van der Waals surface area contributed by atoms with E-state index in [0.717, 1.165) is 12.1 Å². The first kappa shape index (κ1) is 15.5. The Morgan fingerprint density at radius 3 is 2.71 bits per heavy atom. The number of aliphatic hydroxyl groups excluding tert-OH is 1. The second-order valence-electron chi connectivity index (χ2n) is 4.16. The highest BCUT2D eigenvalue weighted by Gasteiger charge is 2.22. The van der Waals surface area contributed by atoms with E-state index in [-0.39, 0.29) is 13.1 Å². The van der Waals surface area contributed by atoms with Crippen LogP contribution in [0.1, 0.15) is 5.56 Å². The number of aromatic nitrogens is 2. The van der Waals surface area contributed by atoms with Crippen LogP contribution in [0, 0.1) is 11.6 Å². The Bertz CT molecular complexity index is 718. The molecule has 2 N–H and O–H groups in total. The molecule has 0 bridgehead atoms. The van der Waals surface area contributed by atoms with E-state index in [1.807, 2.05) is 0 Å². The van der Waals surface area contributed by atoms with E-state index in [0.29, 0.717) is 0 Å². The Labute approximate surface area is 120 Å². The molecule has 1 aromatic heterocycles. The largest absolute Gasteiger partial charge is 0.391 e. The van der Waals surface area contributed by atoms with Crippen LogP contribution in [-0.2, 0) is 23.2 Å². The fraction of sp³-hybridized carbons (Fsp3) is 0.250. The van der Waals surface area contributed by atoms with Gasteiger partial charge in [-0.2, -0.15) is 5.10 Å². The van der Waals surface area contributed by atoms with E-state index in [9.17, 15) is 17.2 Å². The molecule has 0 atom stereocenters. The maximum absolute atomic E-state index is 13.9.